The largest absolute Gasteiger partial charge is 0.373 e. The van der Waals surface area contributed by atoms with E-state index in [-0.39, 0.29) is 0 Å². The lowest BCUT2D eigenvalue weighted by molar-refractivity contribution is -0.0454. The van der Waals surface area contributed by atoms with Gasteiger partial charge in [0.05, 0.1) is 12.7 Å². The Hall–Kier alpha value is -0.460. The van der Waals surface area contributed by atoms with E-state index in [0.29, 0.717) is 12.1 Å². The van der Waals surface area contributed by atoms with Crippen molar-refractivity contribution in [1.82, 2.24) is 15.1 Å². The topological polar surface area (TPSA) is 40.1 Å². The summed E-state index contributed by atoms with van der Waals surface area (Å²) in [6.07, 6.45) is 4.18. The number of thioether (sulfide) groups is 1. The molecule has 0 aliphatic carbocycles. The van der Waals surface area contributed by atoms with Gasteiger partial charge in [-0.25, -0.2) is 0 Å². The molecule has 22 heavy (non-hydrogen) atoms. The minimum Gasteiger partial charge on any atom is -0.373 e. The summed E-state index contributed by atoms with van der Waals surface area (Å²) in [5, 5.41) is 4.29. The summed E-state index contributed by atoms with van der Waals surface area (Å²) in [7, 11) is 1.89. The normalized spacial score (nSPS) is 33.8. The molecule has 6 heteroatoms. The zero-order chi connectivity index (χ0) is 15.4. The third-order valence-electron chi connectivity index (χ3n) is 5.05. The Morgan fingerprint density at radius 1 is 1.36 bits per heavy atom. The number of ether oxygens (including phenoxy) is 1. The molecule has 3 fully saturated rings. The molecule has 3 saturated heterocycles. The van der Waals surface area contributed by atoms with Crippen LogP contribution in [0.15, 0.2) is 4.99 Å². The Morgan fingerprint density at radius 2 is 2.27 bits per heavy atom. The van der Waals surface area contributed by atoms with Crippen LogP contribution < -0.4 is 5.32 Å². The Labute approximate surface area is 138 Å². The lowest BCUT2D eigenvalue weighted by Crippen LogP contribution is -2.53. The number of guanidine groups is 1. The van der Waals surface area contributed by atoms with Crippen molar-refractivity contribution in [2.24, 2.45) is 4.99 Å². The van der Waals surface area contributed by atoms with Crippen molar-refractivity contribution < 1.29 is 4.74 Å². The van der Waals surface area contributed by atoms with Gasteiger partial charge in [-0.15, -0.1) is 0 Å². The molecule has 0 spiro atoms. The lowest BCUT2D eigenvalue weighted by atomic mass is 10.2. The molecule has 0 radical (unpaired) electrons. The highest BCUT2D eigenvalue weighted by Crippen LogP contribution is 2.23. The van der Waals surface area contributed by atoms with Crippen LogP contribution in [-0.4, -0.2) is 85.3 Å². The SMILES string of the molecule is CCC1CN(C(=NC)NCC2CN3CCCC3CO2)CCS1. The Morgan fingerprint density at radius 3 is 3.09 bits per heavy atom. The van der Waals surface area contributed by atoms with E-state index in [4.69, 9.17) is 4.74 Å². The van der Waals surface area contributed by atoms with Gasteiger partial charge in [-0.1, -0.05) is 6.92 Å². The molecule has 5 nitrogen and oxygen atoms in total. The average Bonchev–Trinajstić information content (AvgIpc) is 3.03. The molecule has 3 aliphatic rings. The highest BCUT2D eigenvalue weighted by molar-refractivity contribution is 8.00. The second-order valence-corrected chi connectivity index (χ2v) is 7.93. The number of aliphatic imine (C=N–C) groups is 1. The van der Waals surface area contributed by atoms with Crippen molar-refractivity contribution in [2.45, 2.75) is 43.6 Å². The van der Waals surface area contributed by atoms with Crippen LogP contribution in [0, 0.1) is 0 Å². The molecular formula is C16H30N4OS. The average molecular weight is 327 g/mol. The van der Waals surface area contributed by atoms with E-state index in [1.807, 2.05) is 7.05 Å². The maximum absolute atomic E-state index is 6.03. The van der Waals surface area contributed by atoms with Gasteiger partial charge in [-0.05, 0) is 25.8 Å². The summed E-state index contributed by atoms with van der Waals surface area (Å²) in [5.74, 6) is 2.25. The fourth-order valence-corrected chi connectivity index (χ4v) is 4.89. The Bertz CT molecular complexity index is 392. The van der Waals surface area contributed by atoms with Gasteiger partial charge in [0, 0.05) is 50.3 Å². The maximum atomic E-state index is 6.03. The zero-order valence-corrected chi connectivity index (χ0v) is 14.8. The summed E-state index contributed by atoms with van der Waals surface area (Å²) in [5.41, 5.74) is 0. The second-order valence-electron chi connectivity index (χ2n) is 6.52. The summed E-state index contributed by atoms with van der Waals surface area (Å²) < 4.78 is 6.03. The molecule has 0 aromatic rings. The van der Waals surface area contributed by atoms with Crippen LogP contribution in [-0.2, 0) is 4.74 Å². The van der Waals surface area contributed by atoms with Gasteiger partial charge >= 0.3 is 0 Å². The fourth-order valence-electron chi connectivity index (χ4n) is 3.71. The van der Waals surface area contributed by atoms with E-state index >= 15 is 0 Å². The van der Waals surface area contributed by atoms with Gasteiger partial charge in [0.25, 0.3) is 0 Å². The van der Waals surface area contributed by atoms with Crippen molar-refractivity contribution in [3.8, 4) is 0 Å². The van der Waals surface area contributed by atoms with E-state index in [0.717, 1.165) is 44.0 Å². The third-order valence-corrected chi connectivity index (χ3v) is 6.43. The molecule has 0 aromatic heterocycles. The molecule has 126 valence electrons. The summed E-state index contributed by atoms with van der Waals surface area (Å²) in [6, 6.07) is 0.681. The summed E-state index contributed by atoms with van der Waals surface area (Å²) in [6.45, 7) is 8.59. The van der Waals surface area contributed by atoms with E-state index < -0.39 is 0 Å². The molecule has 3 atom stereocenters. The first-order valence-corrected chi connectivity index (χ1v) is 9.78. The monoisotopic (exact) mass is 326 g/mol. The van der Waals surface area contributed by atoms with Gasteiger partial charge < -0.3 is 15.0 Å². The number of fused-ring (bicyclic) bond motifs is 1. The quantitative estimate of drug-likeness (QED) is 0.624. The molecule has 3 aliphatic heterocycles. The van der Waals surface area contributed by atoms with Crippen LogP contribution in [0.1, 0.15) is 26.2 Å². The summed E-state index contributed by atoms with van der Waals surface area (Å²) in [4.78, 5) is 9.49. The number of morpholine rings is 1. The van der Waals surface area contributed by atoms with Gasteiger partial charge in [-0.2, -0.15) is 11.8 Å². The van der Waals surface area contributed by atoms with Gasteiger partial charge in [0.15, 0.2) is 5.96 Å². The van der Waals surface area contributed by atoms with E-state index in [2.05, 4.69) is 38.8 Å². The van der Waals surface area contributed by atoms with Gasteiger partial charge in [0.1, 0.15) is 0 Å². The zero-order valence-electron chi connectivity index (χ0n) is 14.0. The molecule has 3 heterocycles. The van der Waals surface area contributed by atoms with Gasteiger partial charge in [-0.3, -0.25) is 9.89 Å². The molecule has 0 saturated carbocycles. The van der Waals surface area contributed by atoms with E-state index in [9.17, 15) is 0 Å². The molecule has 0 bridgehead atoms. The lowest BCUT2D eigenvalue weighted by Gasteiger charge is -2.37. The number of hydrogen-bond donors (Lipinski definition) is 1. The van der Waals surface area contributed by atoms with Crippen LogP contribution in [0.4, 0.5) is 0 Å². The van der Waals surface area contributed by atoms with E-state index in [1.54, 1.807) is 0 Å². The molecule has 1 N–H and O–H groups in total. The smallest absolute Gasteiger partial charge is 0.193 e. The number of nitrogens with zero attached hydrogens (tertiary/aromatic N) is 3. The third kappa shape index (κ3) is 3.89. The Balaban J connectivity index is 1.47. The fraction of sp³-hybridized carbons (Fsp3) is 0.938. The van der Waals surface area contributed by atoms with Crippen LogP contribution >= 0.6 is 11.8 Å². The number of hydrogen-bond acceptors (Lipinski definition) is 4. The first kappa shape index (κ1) is 16.4. The van der Waals surface area contributed by atoms with Crippen molar-refractivity contribution in [1.29, 1.82) is 0 Å². The van der Waals surface area contributed by atoms with Crippen LogP contribution in [0.25, 0.3) is 0 Å². The van der Waals surface area contributed by atoms with Crippen LogP contribution in [0.2, 0.25) is 0 Å². The predicted molar refractivity (Wildman–Crippen MR) is 93.8 cm³/mol. The standard InChI is InChI=1S/C16H30N4OS/c1-3-15-11-20(7-8-22-15)16(17-2)18-9-14-10-19-6-4-5-13(19)12-21-14/h13-15H,3-12H2,1-2H3,(H,17,18). The van der Waals surface area contributed by atoms with Crippen LogP contribution in [0.5, 0.6) is 0 Å². The number of rotatable bonds is 3. The highest BCUT2D eigenvalue weighted by atomic mass is 32.2. The van der Waals surface area contributed by atoms with Crippen molar-refractivity contribution in [3.63, 3.8) is 0 Å². The minimum atomic E-state index is 0.298. The van der Waals surface area contributed by atoms with Crippen molar-refractivity contribution in [2.75, 3.05) is 52.1 Å². The predicted octanol–water partition coefficient (Wildman–Crippen LogP) is 1.25. The molecular weight excluding hydrogens is 296 g/mol. The van der Waals surface area contributed by atoms with Gasteiger partial charge in [0.2, 0.25) is 0 Å². The van der Waals surface area contributed by atoms with Crippen LogP contribution in [0.3, 0.4) is 0 Å². The first-order valence-electron chi connectivity index (χ1n) is 8.73. The molecule has 3 unspecified atom stereocenters. The maximum Gasteiger partial charge on any atom is 0.193 e. The highest BCUT2D eigenvalue weighted by Gasteiger charge is 2.32. The Kier molecular flexibility index (Phi) is 5.88. The minimum absolute atomic E-state index is 0.298. The first-order chi connectivity index (χ1) is 10.8. The summed E-state index contributed by atoms with van der Waals surface area (Å²) >= 11 is 2.10. The molecule has 0 aromatic carbocycles. The number of nitrogens with one attached hydrogen (secondary N) is 1. The van der Waals surface area contributed by atoms with Crippen molar-refractivity contribution >= 4 is 17.7 Å². The molecule has 3 rings (SSSR count). The van der Waals surface area contributed by atoms with Crippen molar-refractivity contribution in [3.05, 3.63) is 0 Å². The molecule has 0 amide bonds. The second kappa shape index (κ2) is 7.88. The van der Waals surface area contributed by atoms with E-state index in [1.165, 1.54) is 31.6 Å².